The maximum absolute atomic E-state index is 12.4. The molecule has 0 saturated carbocycles. The van der Waals surface area contributed by atoms with E-state index >= 15 is 0 Å². The second-order valence-electron chi connectivity index (χ2n) is 6.12. The van der Waals surface area contributed by atoms with Gasteiger partial charge in [-0.1, -0.05) is 18.2 Å². The number of fused-ring (bicyclic) bond motifs is 1. The standard InChI is InChI=1S/C22H23NO5/c1-3-26-19-10-9-15(13-20(19)27-4-2)11-12-23-22(25)21-14-17(24)16-7-5-6-8-18(16)28-21/h5-10,13-14H,3-4,11-12H2,1-2H3,(H,23,25). The molecule has 0 unspecified atom stereocenters. The second-order valence-corrected chi connectivity index (χ2v) is 6.12. The average molecular weight is 381 g/mol. The van der Waals surface area contributed by atoms with Gasteiger partial charge in [0, 0.05) is 12.6 Å². The minimum atomic E-state index is -0.418. The van der Waals surface area contributed by atoms with Crippen LogP contribution in [0.25, 0.3) is 11.0 Å². The van der Waals surface area contributed by atoms with Crippen LogP contribution < -0.4 is 20.2 Å². The summed E-state index contributed by atoms with van der Waals surface area (Å²) in [6.07, 6.45) is 0.607. The highest BCUT2D eigenvalue weighted by atomic mass is 16.5. The zero-order valence-corrected chi connectivity index (χ0v) is 16.0. The first-order chi connectivity index (χ1) is 13.6. The van der Waals surface area contributed by atoms with E-state index in [0.717, 1.165) is 5.56 Å². The maximum atomic E-state index is 12.4. The SMILES string of the molecule is CCOc1ccc(CCNC(=O)c2cc(=O)c3ccccc3o2)cc1OCC. The number of ether oxygens (including phenoxy) is 2. The Bertz CT molecular complexity index is 1020. The summed E-state index contributed by atoms with van der Waals surface area (Å²) < 4.78 is 16.7. The minimum absolute atomic E-state index is 0.00500. The van der Waals surface area contributed by atoms with Crippen molar-refractivity contribution >= 4 is 16.9 Å². The van der Waals surface area contributed by atoms with Crippen LogP contribution in [-0.4, -0.2) is 25.7 Å². The van der Waals surface area contributed by atoms with Gasteiger partial charge in [0.25, 0.3) is 5.91 Å². The van der Waals surface area contributed by atoms with Gasteiger partial charge in [-0.3, -0.25) is 9.59 Å². The number of para-hydroxylation sites is 1. The number of hydrogen-bond acceptors (Lipinski definition) is 5. The van der Waals surface area contributed by atoms with Crippen LogP contribution in [0.3, 0.4) is 0 Å². The summed E-state index contributed by atoms with van der Waals surface area (Å²) in [7, 11) is 0. The van der Waals surface area contributed by atoms with E-state index in [4.69, 9.17) is 13.9 Å². The van der Waals surface area contributed by atoms with Gasteiger partial charge in [0.05, 0.1) is 18.6 Å². The van der Waals surface area contributed by atoms with Crippen molar-refractivity contribution in [3.63, 3.8) is 0 Å². The lowest BCUT2D eigenvalue weighted by Crippen LogP contribution is -2.26. The zero-order chi connectivity index (χ0) is 19.9. The molecule has 0 bridgehead atoms. The van der Waals surface area contributed by atoms with Crippen LogP contribution in [0.1, 0.15) is 30.0 Å². The summed E-state index contributed by atoms with van der Waals surface area (Å²) in [5, 5.41) is 3.24. The predicted molar refractivity (Wildman–Crippen MR) is 107 cm³/mol. The van der Waals surface area contributed by atoms with E-state index in [1.165, 1.54) is 6.07 Å². The first-order valence-electron chi connectivity index (χ1n) is 9.32. The Morgan fingerprint density at radius 3 is 2.54 bits per heavy atom. The molecule has 0 spiro atoms. The molecule has 0 aliphatic rings. The van der Waals surface area contributed by atoms with Gasteiger partial charge in [0.1, 0.15) is 5.58 Å². The Hall–Kier alpha value is -3.28. The van der Waals surface area contributed by atoms with Crippen LogP contribution in [0.5, 0.6) is 11.5 Å². The Balaban J connectivity index is 1.65. The van der Waals surface area contributed by atoms with Crippen LogP contribution >= 0.6 is 0 Å². The van der Waals surface area contributed by atoms with Crippen LogP contribution in [0.4, 0.5) is 0 Å². The van der Waals surface area contributed by atoms with Crippen molar-refractivity contribution in [3.05, 3.63) is 70.1 Å². The summed E-state index contributed by atoms with van der Waals surface area (Å²) in [6.45, 7) is 5.34. The van der Waals surface area contributed by atoms with E-state index in [1.807, 2.05) is 32.0 Å². The topological polar surface area (TPSA) is 77.8 Å². The number of rotatable bonds is 8. The highest BCUT2D eigenvalue weighted by Crippen LogP contribution is 2.28. The van der Waals surface area contributed by atoms with Crippen LogP contribution in [0.2, 0.25) is 0 Å². The van der Waals surface area contributed by atoms with Gasteiger partial charge in [-0.05, 0) is 50.1 Å². The molecule has 0 radical (unpaired) electrons. The van der Waals surface area contributed by atoms with E-state index in [-0.39, 0.29) is 11.2 Å². The average Bonchev–Trinajstić information content (AvgIpc) is 2.70. The lowest BCUT2D eigenvalue weighted by molar-refractivity contribution is 0.0927. The van der Waals surface area contributed by atoms with E-state index in [2.05, 4.69) is 5.32 Å². The van der Waals surface area contributed by atoms with Crippen molar-refractivity contribution < 1.29 is 18.7 Å². The monoisotopic (exact) mass is 381 g/mol. The van der Waals surface area contributed by atoms with Crippen molar-refractivity contribution in [1.82, 2.24) is 5.32 Å². The van der Waals surface area contributed by atoms with Crippen molar-refractivity contribution in [2.24, 2.45) is 0 Å². The van der Waals surface area contributed by atoms with Gasteiger partial charge in [-0.2, -0.15) is 0 Å². The lowest BCUT2D eigenvalue weighted by atomic mass is 10.1. The zero-order valence-electron chi connectivity index (χ0n) is 16.0. The number of hydrogen-bond donors (Lipinski definition) is 1. The molecule has 1 amide bonds. The smallest absolute Gasteiger partial charge is 0.287 e. The molecule has 146 valence electrons. The van der Waals surface area contributed by atoms with Gasteiger partial charge in [-0.25, -0.2) is 0 Å². The fourth-order valence-corrected chi connectivity index (χ4v) is 2.87. The summed E-state index contributed by atoms with van der Waals surface area (Å²) in [5.41, 5.74) is 1.17. The molecule has 1 aromatic heterocycles. The summed E-state index contributed by atoms with van der Waals surface area (Å²) in [6, 6.07) is 13.8. The molecular formula is C22H23NO5. The summed E-state index contributed by atoms with van der Waals surface area (Å²) in [4.78, 5) is 24.5. The third kappa shape index (κ3) is 4.52. The van der Waals surface area contributed by atoms with Gasteiger partial charge in [0.2, 0.25) is 0 Å². The second kappa shape index (κ2) is 9.08. The normalized spacial score (nSPS) is 10.6. The van der Waals surface area contributed by atoms with E-state index < -0.39 is 5.91 Å². The van der Waals surface area contributed by atoms with Crippen molar-refractivity contribution in [2.75, 3.05) is 19.8 Å². The molecule has 2 aromatic carbocycles. The highest BCUT2D eigenvalue weighted by Gasteiger charge is 2.12. The van der Waals surface area contributed by atoms with Crippen molar-refractivity contribution in [3.8, 4) is 11.5 Å². The largest absolute Gasteiger partial charge is 0.490 e. The molecule has 1 heterocycles. The number of nitrogens with one attached hydrogen (secondary N) is 1. The Labute approximate surface area is 163 Å². The third-order valence-corrected chi connectivity index (χ3v) is 4.17. The van der Waals surface area contributed by atoms with Crippen LogP contribution in [-0.2, 0) is 6.42 Å². The number of amides is 1. The van der Waals surface area contributed by atoms with Crippen molar-refractivity contribution in [2.45, 2.75) is 20.3 Å². The molecule has 0 aliphatic heterocycles. The molecule has 6 nitrogen and oxygen atoms in total. The molecule has 6 heteroatoms. The Kier molecular flexibility index (Phi) is 6.32. The highest BCUT2D eigenvalue weighted by molar-refractivity contribution is 5.93. The van der Waals surface area contributed by atoms with E-state index in [0.29, 0.717) is 48.6 Å². The quantitative estimate of drug-likeness (QED) is 0.645. The summed E-state index contributed by atoms with van der Waals surface area (Å²) in [5.74, 6) is 0.980. The molecule has 3 aromatic rings. The minimum Gasteiger partial charge on any atom is -0.490 e. The van der Waals surface area contributed by atoms with Crippen molar-refractivity contribution in [1.29, 1.82) is 0 Å². The first kappa shape index (κ1) is 19.5. The number of benzene rings is 2. The Morgan fingerprint density at radius 2 is 1.75 bits per heavy atom. The molecule has 0 saturated heterocycles. The van der Waals surface area contributed by atoms with Gasteiger partial charge in [-0.15, -0.1) is 0 Å². The maximum Gasteiger partial charge on any atom is 0.287 e. The fourth-order valence-electron chi connectivity index (χ4n) is 2.87. The Morgan fingerprint density at radius 1 is 1.00 bits per heavy atom. The lowest BCUT2D eigenvalue weighted by Gasteiger charge is -2.12. The summed E-state index contributed by atoms with van der Waals surface area (Å²) >= 11 is 0. The first-order valence-corrected chi connectivity index (χ1v) is 9.32. The van der Waals surface area contributed by atoms with Gasteiger partial charge >= 0.3 is 0 Å². The number of carbonyl (C=O) groups excluding carboxylic acids is 1. The molecule has 0 aliphatic carbocycles. The number of carbonyl (C=O) groups is 1. The van der Waals surface area contributed by atoms with Crippen LogP contribution in [0.15, 0.2) is 57.7 Å². The molecule has 3 rings (SSSR count). The van der Waals surface area contributed by atoms with Crippen LogP contribution in [0, 0.1) is 0 Å². The molecule has 28 heavy (non-hydrogen) atoms. The van der Waals surface area contributed by atoms with Gasteiger partial charge < -0.3 is 19.2 Å². The fraction of sp³-hybridized carbons (Fsp3) is 0.273. The molecule has 0 fully saturated rings. The van der Waals surface area contributed by atoms with E-state index in [1.54, 1.807) is 24.3 Å². The van der Waals surface area contributed by atoms with Gasteiger partial charge in [0.15, 0.2) is 22.7 Å². The molecular weight excluding hydrogens is 358 g/mol. The predicted octanol–water partition coefficient (Wildman–Crippen LogP) is 3.56. The third-order valence-electron chi connectivity index (χ3n) is 4.17. The molecule has 1 N–H and O–H groups in total. The van der Waals surface area contributed by atoms with E-state index in [9.17, 15) is 9.59 Å². The molecule has 0 atom stereocenters.